The lowest BCUT2D eigenvalue weighted by atomic mass is 10.2. The third-order valence-corrected chi connectivity index (χ3v) is 3.32. The third-order valence-electron chi connectivity index (χ3n) is 2.77. The molecule has 22 heavy (non-hydrogen) atoms. The van der Waals surface area contributed by atoms with Crippen molar-refractivity contribution in [1.29, 1.82) is 0 Å². The molecule has 2 heterocycles. The third kappa shape index (κ3) is 3.08. The molecular weight excluding hydrogens is 325 g/mol. The summed E-state index contributed by atoms with van der Waals surface area (Å²) in [6.07, 6.45) is 6.32. The van der Waals surface area contributed by atoms with Crippen molar-refractivity contribution in [3.63, 3.8) is 0 Å². The lowest BCUT2D eigenvalue weighted by Crippen LogP contribution is -2.12. The predicted octanol–water partition coefficient (Wildman–Crippen LogP) is 3.22. The van der Waals surface area contributed by atoms with Crippen LogP contribution in [0.15, 0.2) is 49.1 Å². The summed E-state index contributed by atoms with van der Waals surface area (Å²) in [5.74, 6) is 0.0581. The smallest absolute Gasteiger partial charge is 0.257 e. The molecule has 0 atom stereocenters. The van der Waals surface area contributed by atoms with E-state index in [0.29, 0.717) is 22.2 Å². The number of hydrogen-bond acceptors (Lipinski definition) is 4. The Balaban J connectivity index is 1.79. The first-order chi connectivity index (χ1) is 10.6. The van der Waals surface area contributed by atoms with Gasteiger partial charge in [0.25, 0.3) is 5.91 Å². The zero-order valence-corrected chi connectivity index (χ0v) is 12.6. The fourth-order valence-corrected chi connectivity index (χ4v) is 2.27. The van der Waals surface area contributed by atoms with Crippen LogP contribution in [-0.4, -0.2) is 25.7 Å². The van der Waals surface area contributed by atoms with Crippen LogP contribution < -0.4 is 5.32 Å². The molecule has 0 fully saturated rings. The van der Waals surface area contributed by atoms with Crippen LogP contribution in [0, 0.1) is 0 Å². The molecule has 0 saturated carbocycles. The Kier molecular flexibility index (Phi) is 4.04. The molecule has 6 nitrogen and oxygen atoms in total. The summed E-state index contributed by atoms with van der Waals surface area (Å²) in [7, 11) is 0. The number of benzene rings is 1. The first-order valence-corrected chi connectivity index (χ1v) is 6.97. The van der Waals surface area contributed by atoms with E-state index in [1.54, 1.807) is 36.8 Å². The minimum atomic E-state index is -0.352. The van der Waals surface area contributed by atoms with Crippen LogP contribution in [0.25, 0.3) is 5.95 Å². The van der Waals surface area contributed by atoms with E-state index in [0.717, 1.165) is 0 Å². The normalized spacial score (nSPS) is 10.5. The first-order valence-electron chi connectivity index (χ1n) is 6.22. The number of carbonyl (C=O) groups is 1. The van der Waals surface area contributed by atoms with Crippen molar-refractivity contribution in [1.82, 2.24) is 19.7 Å². The van der Waals surface area contributed by atoms with Gasteiger partial charge in [0.2, 0.25) is 5.95 Å². The zero-order chi connectivity index (χ0) is 15.5. The highest BCUT2D eigenvalue weighted by molar-refractivity contribution is 6.37. The van der Waals surface area contributed by atoms with Gasteiger partial charge in [0.05, 0.1) is 28.7 Å². The number of nitrogens with zero attached hydrogens (tertiary/aromatic N) is 4. The van der Waals surface area contributed by atoms with E-state index in [1.807, 2.05) is 0 Å². The van der Waals surface area contributed by atoms with Gasteiger partial charge in [0.1, 0.15) is 0 Å². The molecule has 0 saturated heterocycles. The number of hydrogen-bond donors (Lipinski definition) is 1. The van der Waals surface area contributed by atoms with Crippen LogP contribution in [0.3, 0.4) is 0 Å². The first kappa shape index (κ1) is 14.5. The minimum Gasteiger partial charge on any atom is -0.319 e. The highest BCUT2D eigenvalue weighted by Crippen LogP contribution is 2.22. The molecule has 1 aromatic carbocycles. The molecule has 0 radical (unpaired) electrons. The minimum absolute atomic E-state index is 0.281. The summed E-state index contributed by atoms with van der Waals surface area (Å²) >= 11 is 11.8. The Bertz CT molecular complexity index is 819. The van der Waals surface area contributed by atoms with Gasteiger partial charge < -0.3 is 5.32 Å². The molecule has 8 heteroatoms. The molecule has 3 rings (SSSR count). The zero-order valence-electron chi connectivity index (χ0n) is 11.1. The van der Waals surface area contributed by atoms with Gasteiger partial charge in [0, 0.05) is 17.4 Å². The molecular formula is C14H9Cl2N5O. The second-order valence-corrected chi connectivity index (χ2v) is 5.14. The monoisotopic (exact) mass is 333 g/mol. The number of anilines is 1. The number of rotatable bonds is 3. The topological polar surface area (TPSA) is 72.7 Å². The van der Waals surface area contributed by atoms with E-state index < -0.39 is 0 Å². The van der Waals surface area contributed by atoms with E-state index in [9.17, 15) is 4.79 Å². The summed E-state index contributed by atoms with van der Waals surface area (Å²) in [4.78, 5) is 20.3. The molecule has 1 N–H and O–H groups in total. The highest BCUT2D eigenvalue weighted by Gasteiger charge is 2.12. The van der Waals surface area contributed by atoms with Crippen LogP contribution in [-0.2, 0) is 0 Å². The Morgan fingerprint density at radius 3 is 2.68 bits per heavy atom. The summed E-state index contributed by atoms with van der Waals surface area (Å²) in [5.41, 5.74) is 0.832. The maximum absolute atomic E-state index is 12.2. The standard InChI is InChI=1S/C14H9Cl2N5O/c15-9-2-3-11(12(16)6-9)13(22)20-10-7-19-21(8-10)14-17-4-1-5-18-14/h1-8H,(H,20,22). The molecule has 3 aromatic rings. The highest BCUT2D eigenvalue weighted by atomic mass is 35.5. The molecule has 0 spiro atoms. The van der Waals surface area contributed by atoms with E-state index in [-0.39, 0.29) is 10.9 Å². The molecule has 0 aliphatic rings. The summed E-state index contributed by atoms with van der Waals surface area (Å²) < 4.78 is 1.46. The van der Waals surface area contributed by atoms with Crippen LogP contribution in [0.2, 0.25) is 10.0 Å². The number of carbonyl (C=O) groups excluding carboxylic acids is 1. The number of amides is 1. The van der Waals surface area contributed by atoms with Crippen molar-refractivity contribution in [2.75, 3.05) is 5.32 Å². The summed E-state index contributed by atoms with van der Waals surface area (Å²) in [5, 5.41) is 7.55. The van der Waals surface area contributed by atoms with Gasteiger partial charge in [-0.3, -0.25) is 4.79 Å². The van der Waals surface area contributed by atoms with E-state index in [2.05, 4.69) is 20.4 Å². The second kappa shape index (κ2) is 6.13. The van der Waals surface area contributed by atoms with Crippen molar-refractivity contribution in [2.24, 2.45) is 0 Å². The van der Waals surface area contributed by atoms with Crippen molar-refractivity contribution in [3.05, 3.63) is 64.7 Å². The number of halogens is 2. The van der Waals surface area contributed by atoms with Crippen LogP contribution in [0.1, 0.15) is 10.4 Å². The van der Waals surface area contributed by atoms with Gasteiger partial charge in [-0.05, 0) is 24.3 Å². The van der Waals surface area contributed by atoms with Crippen molar-refractivity contribution in [2.45, 2.75) is 0 Å². The van der Waals surface area contributed by atoms with Crippen molar-refractivity contribution < 1.29 is 4.79 Å². The molecule has 1 amide bonds. The lowest BCUT2D eigenvalue weighted by Gasteiger charge is -2.04. The summed E-state index contributed by atoms with van der Waals surface area (Å²) in [6, 6.07) is 6.38. The van der Waals surface area contributed by atoms with Gasteiger partial charge in [-0.25, -0.2) is 14.6 Å². The van der Waals surface area contributed by atoms with Crippen molar-refractivity contribution in [3.8, 4) is 5.95 Å². The Hall–Kier alpha value is -2.44. The van der Waals surface area contributed by atoms with E-state index in [1.165, 1.54) is 16.9 Å². The van der Waals surface area contributed by atoms with Gasteiger partial charge in [-0.1, -0.05) is 23.2 Å². The SMILES string of the molecule is O=C(Nc1cnn(-c2ncccn2)c1)c1ccc(Cl)cc1Cl. The predicted molar refractivity (Wildman–Crippen MR) is 83.6 cm³/mol. The van der Waals surface area contributed by atoms with E-state index >= 15 is 0 Å². The Morgan fingerprint density at radius 2 is 1.95 bits per heavy atom. The van der Waals surface area contributed by atoms with Gasteiger partial charge in [-0.15, -0.1) is 0 Å². The largest absolute Gasteiger partial charge is 0.319 e. The van der Waals surface area contributed by atoms with Crippen LogP contribution in [0.5, 0.6) is 0 Å². The van der Waals surface area contributed by atoms with Gasteiger partial charge >= 0.3 is 0 Å². The maximum Gasteiger partial charge on any atom is 0.257 e. The molecule has 0 aliphatic heterocycles. The Morgan fingerprint density at radius 1 is 1.18 bits per heavy atom. The van der Waals surface area contributed by atoms with Crippen molar-refractivity contribution >= 4 is 34.8 Å². The second-order valence-electron chi connectivity index (χ2n) is 4.30. The lowest BCUT2D eigenvalue weighted by molar-refractivity contribution is 0.102. The number of aromatic nitrogens is 4. The fraction of sp³-hybridized carbons (Fsp3) is 0. The maximum atomic E-state index is 12.2. The quantitative estimate of drug-likeness (QED) is 0.798. The average molecular weight is 334 g/mol. The van der Waals surface area contributed by atoms with Crippen LogP contribution in [0.4, 0.5) is 5.69 Å². The molecule has 2 aromatic heterocycles. The van der Waals surface area contributed by atoms with Gasteiger partial charge in [-0.2, -0.15) is 5.10 Å². The van der Waals surface area contributed by atoms with Gasteiger partial charge in [0.15, 0.2) is 0 Å². The Labute approximate surface area is 135 Å². The fourth-order valence-electron chi connectivity index (χ4n) is 1.78. The molecule has 0 bridgehead atoms. The molecule has 110 valence electrons. The molecule has 0 aliphatic carbocycles. The van der Waals surface area contributed by atoms with Crippen LogP contribution >= 0.6 is 23.2 Å². The summed E-state index contributed by atoms with van der Waals surface area (Å²) in [6.45, 7) is 0. The van der Waals surface area contributed by atoms with E-state index in [4.69, 9.17) is 23.2 Å². The molecule has 0 unspecified atom stereocenters. The number of nitrogens with one attached hydrogen (secondary N) is 1. The average Bonchev–Trinajstić information content (AvgIpc) is 2.96.